The molecule has 0 saturated carbocycles. The van der Waals surface area contributed by atoms with Crippen LogP contribution < -0.4 is 10.6 Å². The van der Waals surface area contributed by atoms with Gasteiger partial charge in [0.05, 0.1) is 6.61 Å². The molecule has 162 valence electrons. The maximum Gasteiger partial charge on any atom is 0.251 e. The van der Waals surface area contributed by atoms with Crippen LogP contribution in [0.5, 0.6) is 0 Å². The number of aliphatic hydroxyl groups is 1. The Morgan fingerprint density at radius 1 is 1.00 bits per heavy atom. The summed E-state index contributed by atoms with van der Waals surface area (Å²) >= 11 is 0. The normalized spacial score (nSPS) is 11.8. The van der Waals surface area contributed by atoms with Crippen LogP contribution in [0.1, 0.15) is 21.5 Å². The predicted octanol–water partition coefficient (Wildman–Crippen LogP) is 3.78. The Balaban J connectivity index is 1.59. The number of aromatic nitrogens is 1. The summed E-state index contributed by atoms with van der Waals surface area (Å²) in [6, 6.07) is 18.8. The molecule has 0 spiro atoms. The highest BCUT2D eigenvalue weighted by molar-refractivity contribution is 6.01. The molecular formula is C25H22FN3O3. The highest BCUT2D eigenvalue weighted by Crippen LogP contribution is 2.20. The number of hydrogen-bond donors (Lipinski definition) is 4. The van der Waals surface area contributed by atoms with Gasteiger partial charge in [-0.1, -0.05) is 30.3 Å². The molecule has 4 aromatic rings. The number of aliphatic hydroxyl groups excluding tert-OH is 1. The first kappa shape index (κ1) is 21.3. The molecular weight excluding hydrogens is 409 g/mol. The highest BCUT2D eigenvalue weighted by Gasteiger charge is 2.23. The maximum atomic E-state index is 13.2. The number of hydrogen-bond acceptors (Lipinski definition) is 3. The van der Waals surface area contributed by atoms with E-state index >= 15 is 0 Å². The van der Waals surface area contributed by atoms with E-state index in [-0.39, 0.29) is 18.6 Å². The number of nitrogens with one attached hydrogen (secondary N) is 3. The Labute approximate surface area is 184 Å². The van der Waals surface area contributed by atoms with Crippen molar-refractivity contribution in [2.75, 3.05) is 5.32 Å². The minimum atomic E-state index is -0.885. The lowest BCUT2D eigenvalue weighted by atomic mass is 10.0. The Kier molecular flexibility index (Phi) is 6.28. The zero-order valence-electron chi connectivity index (χ0n) is 17.1. The van der Waals surface area contributed by atoms with Crippen LogP contribution >= 0.6 is 0 Å². The van der Waals surface area contributed by atoms with Gasteiger partial charge in [0.1, 0.15) is 11.9 Å². The van der Waals surface area contributed by atoms with Crippen molar-refractivity contribution in [3.8, 4) is 0 Å². The second-order valence-electron chi connectivity index (χ2n) is 7.44. The van der Waals surface area contributed by atoms with Crippen LogP contribution in [0.15, 0.2) is 79.0 Å². The van der Waals surface area contributed by atoms with Gasteiger partial charge in [-0.3, -0.25) is 9.59 Å². The third kappa shape index (κ3) is 4.84. The van der Waals surface area contributed by atoms with Crippen molar-refractivity contribution in [1.29, 1.82) is 0 Å². The van der Waals surface area contributed by atoms with Crippen molar-refractivity contribution in [1.82, 2.24) is 10.3 Å². The summed E-state index contributed by atoms with van der Waals surface area (Å²) in [5.74, 6) is -1.33. The van der Waals surface area contributed by atoms with Gasteiger partial charge in [-0.05, 0) is 53.6 Å². The first-order valence-corrected chi connectivity index (χ1v) is 10.2. The second kappa shape index (κ2) is 9.45. The van der Waals surface area contributed by atoms with Crippen molar-refractivity contribution in [2.24, 2.45) is 0 Å². The number of aromatic amines is 1. The van der Waals surface area contributed by atoms with E-state index in [0.717, 1.165) is 16.5 Å². The average molecular weight is 431 g/mol. The molecule has 1 unspecified atom stereocenters. The van der Waals surface area contributed by atoms with Gasteiger partial charge in [0.2, 0.25) is 5.91 Å². The molecule has 0 bridgehead atoms. The second-order valence-corrected chi connectivity index (χ2v) is 7.44. The van der Waals surface area contributed by atoms with E-state index in [1.54, 1.807) is 24.3 Å². The number of anilines is 1. The Morgan fingerprint density at radius 3 is 2.56 bits per heavy atom. The number of H-pyrrole nitrogens is 1. The van der Waals surface area contributed by atoms with Gasteiger partial charge in [-0.2, -0.15) is 0 Å². The van der Waals surface area contributed by atoms with E-state index in [1.165, 1.54) is 24.3 Å². The quantitative estimate of drug-likeness (QED) is 0.359. The molecule has 32 heavy (non-hydrogen) atoms. The highest BCUT2D eigenvalue weighted by atomic mass is 19.1. The minimum absolute atomic E-state index is 0.149. The van der Waals surface area contributed by atoms with Gasteiger partial charge in [0.25, 0.3) is 5.91 Å². The van der Waals surface area contributed by atoms with E-state index in [0.29, 0.717) is 11.3 Å². The zero-order chi connectivity index (χ0) is 22.5. The van der Waals surface area contributed by atoms with Gasteiger partial charge >= 0.3 is 0 Å². The molecule has 1 aromatic heterocycles. The van der Waals surface area contributed by atoms with E-state index in [1.807, 2.05) is 30.5 Å². The Bertz CT molecular complexity index is 1250. The molecule has 0 fully saturated rings. The Hall–Kier alpha value is -3.97. The summed E-state index contributed by atoms with van der Waals surface area (Å²) in [4.78, 5) is 29.1. The van der Waals surface area contributed by atoms with E-state index in [2.05, 4.69) is 15.6 Å². The summed E-state index contributed by atoms with van der Waals surface area (Å²) in [6.45, 7) is -0.149. The van der Waals surface area contributed by atoms with Gasteiger partial charge in [-0.25, -0.2) is 4.39 Å². The molecule has 3 aromatic carbocycles. The third-order valence-corrected chi connectivity index (χ3v) is 5.20. The maximum absolute atomic E-state index is 13.2. The Morgan fingerprint density at radius 2 is 1.78 bits per heavy atom. The van der Waals surface area contributed by atoms with Crippen LogP contribution in [-0.4, -0.2) is 27.9 Å². The summed E-state index contributed by atoms with van der Waals surface area (Å²) in [5.41, 5.74) is 3.24. The van der Waals surface area contributed by atoms with Crippen LogP contribution in [0.4, 0.5) is 10.1 Å². The smallest absolute Gasteiger partial charge is 0.251 e. The molecule has 0 aliphatic rings. The lowest BCUT2D eigenvalue weighted by molar-refractivity contribution is -0.118. The number of carbonyl (C=O) groups is 2. The molecule has 0 radical (unpaired) electrons. The van der Waals surface area contributed by atoms with Crippen molar-refractivity contribution in [2.45, 2.75) is 19.1 Å². The molecule has 6 nitrogen and oxygen atoms in total. The molecule has 1 atom stereocenters. The third-order valence-electron chi connectivity index (χ3n) is 5.20. The fourth-order valence-electron chi connectivity index (χ4n) is 3.55. The molecule has 4 N–H and O–H groups in total. The molecule has 1 heterocycles. The first-order valence-electron chi connectivity index (χ1n) is 10.2. The molecule has 0 aliphatic heterocycles. The topological polar surface area (TPSA) is 94.2 Å². The summed E-state index contributed by atoms with van der Waals surface area (Å²) in [7, 11) is 0. The molecule has 4 rings (SSSR count). The van der Waals surface area contributed by atoms with E-state index in [4.69, 9.17) is 0 Å². The number of halogens is 1. The van der Waals surface area contributed by atoms with Crippen LogP contribution in [0.3, 0.4) is 0 Å². The van der Waals surface area contributed by atoms with Gasteiger partial charge in [0, 0.05) is 34.8 Å². The number of para-hydroxylation sites is 1. The van der Waals surface area contributed by atoms with Gasteiger partial charge in [-0.15, -0.1) is 0 Å². The lowest BCUT2D eigenvalue weighted by Gasteiger charge is -2.19. The largest absolute Gasteiger partial charge is 0.392 e. The molecule has 7 heteroatoms. The number of benzene rings is 3. The SMILES string of the molecule is O=C(NC(Cc1c[nH]c2ccccc12)C(=O)Nc1cccc(CO)c1)c1ccc(F)cc1. The number of amides is 2. The van der Waals surface area contributed by atoms with Crippen LogP contribution in [-0.2, 0) is 17.8 Å². The van der Waals surface area contributed by atoms with Crippen LogP contribution in [0.2, 0.25) is 0 Å². The standard InChI is InChI=1S/C25H22FN3O3/c26-19-10-8-17(9-11-19)24(31)29-23(13-18-14-27-22-7-2-1-6-21(18)22)25(32)28-20-5-3-4-16(12-20)15-30/h1-12,14,23,27,30H,13,15H2,(H,28,32)(H,29,31). The predicted molar refractivity (Wildman–Crippen MR) is 121 cm³/mol. The zero-order valence-corrected chi connectivity index (χ0v) is 17.1. The summed E-state index contributed by atoms with van der Waals surface area (Å²) in [6.07, 6.45) is 2.07. The molecule has 2 amide bonds. The van der Waals surface area contributed by atoms with E-state index < -0.39 is 23.7 Å². The van der Waals surface area contributed by atoms with Gasteiger partial charge in [0.15, 0.2) is 0 Å². The number of carbonyl (C=O) groups excluding carboxylic acids is 2. The van der Waals surface area contributed by atoms with Gasteiger partial charge < -0.3 is 20.7 Å². The molecule has 0 saturated heterocycles. The summed E-state index contributed by atoms with van der Waals surface area (Å²) < 4.78 is 13.2. The fraction of sp³-hybridized carbons (Fsp3) is 0.120. The van der Waals surface area contributed by atoms with Crippen LogP contribution in [0.25, 0.3) is 10.9 Å². The average Bonchev–Trinajstić information content (AvgIpc) is 3.22. The van der Waals surface area contributed by atoms with Crippen molar-refractivity contribution < 1.29 is 19.1 Å². The van der Waals surface area contributed by atoms with Crippen molar-refractivity contribution >= 4 is 28.4 Å². The fourth-order valence-corrected chi connectivity index (χ4v) is 3.55. The summed E-state index contributed by atoms with van der Waals surface area (Å²) in [5, 5.41) is 15.9. The van der Waals surface area contributed by atoms with Crippen LogP contribution in [0, 0.1) is 5.82 Å². The number of fused-ring (bicyclic) bond motifs is 1. The number of rotatable bonds is 7. The van der Waals surface area contributed by atoms with Crippen molar-refractivity contribution in [3.05, 3.63) is 102 Å². The molecule has 0 aliphatic carbocycles. The van der Waals surface area contributed by atoms with E-state index in [9.17, 15) is 19.1 Å². The monoisotopic (exact) mass is 431 g/mol. The first-order chi connectivity index (χ1) is 15.5. The minimum Gasteiger partial charge on any atom is -0.392 e. The van der Waals surface area contributed by atoms with Crippen molar-refractivity contribution in [3.63, 3.8) is 0 Å². The lowest BCUT2D eigenvalue weighted by Crippen LogP contribution is -2.45.